The van der Waals surface area contributed by atoms with Gasteiger partial charge in [-0.2, -0.15) is 0 Å². The third-order valence-corrected chi connectivity index (χ3v) is 4.46. The number of amides is 2. The highest BCUT2D eigenvalue weighted by Gasteiger charge is 2.13. The van der Waals surface area contributed by atoms with E-state index in [9.17, 15) is 18.0 Å². The minimum Gasteiger partial charge on any atom is -0.355 e. The maximum Gasteiger partial charge on any atom is 0.240 e. The highest BCUT2D eigenvalue weighted by molar-refractivity contribution is 7.89. The molecular formula is C15H23N3O4S. The molecule has 7 nitrogen and oxygen atoms in total. The van der Waals surface area contributed by atoms with Crippen LogP contribution in [0.1, 0.15) is 33.1 Å². The number of anilines is 1. The van der Waals surface area contributed by atoms with Crippen LogP contribution in [0.2, 0.25) is 0 Å². The molecule has 3 N–H and O–H groups in total. The molecule has 128 valence electrons. The van der Waals surface area contributed by atoms with E-state index in [1.54, 1.807) is 0 Å². The van der Waals surface area contributed by atoms with E-state index in [4.69, 9.17) is 0 Å². The summed E-state index contributed by atoms with van der Waals surface area (Å²) in [6.07, 6.45) is 2.21. The Kier molecular flexibility index (Phi) is 7.70. The maximum absolute atomic E-state index is 12.1. The van der Waals surface area contributed by atoms with Gasteiger partial charge in [-0.15, -0.1) is 0 Å². The van der Waals surface area contributed by atoms with Crippen LogP contribution in [0.15, 0.2) is 29.2 Å². The summed E-state index contributed by atoms with van der Waals surface area (Å²) in [6, 6.07) is 5.85. The molecule has 1 rings (SSSR count). The first kappa shape index (κ1) is 19.1. The van der Waals surface area contributed by atoms with Crippen LogP contribution in [-0.2, 0) is 19.6 Å². The van der Waals surface area contributed by atoms with Crippen LogP contribution >= 0.6 is 0 Å². The van der Waals surface area contributed by atoms with Crippen LogP contribution in [0, 0.1) is 0 Å². The Morgan fingerprint density at radius 2 is 1.74 bits per heavy atom. The summed E-state index contributed by atoms with van der Waals surface area (Å²) in [6.45, 7) is 3.74. The van der Waals surface area contributed by atoms with E-state index in [2.05, 4.69) is 15.4 Å². The lowest BCUT2D eigenvalue weighted by atomic mass is 10.2. The van der Waals surface area contributed by atoms with Crippen molar-refractivity contribution in [2.24, 2.45) is 0 Å². The molecule has 0 aliphatic rings. The summed E-state index contributed by atoms with van der Waals surface area (Å²) in [4.78, 5) is 22.4. The first-order valence-electron chi connectivity index (χ1n) is 7.49. The van der Waals surface area contributed by atoms with Gasteiger partial charge < -0.3 is 10.6 Å². The molecule has 1 aromatic carbocycles. The van der Waals surface area contributed by atoms with Crippen molar-refractivity contribution < 1.29 is 18.0 Å². The molecule has 0 aliphatic carbocycles. The van der Waals surface area contributed by atoms with Crippen LogP contribution in [0.3, 0.4) is 0 Å². The van der Waals surface area contributed by atoms with Crippen LogP contribution in [0.5, 0.6) is 0 Å². The molecule has 0 radical (unpaired) electrons. The van der Waals surface area contributed by atoms with Gasteiger partial charge in [0.1, 0.15) is 0 Å². The molecule has 0 fully saturated rings. The second kappa shape index (κ2) is 9.26. The van der Waals surface area contributed by atoms with E-state index in [1.165, 1.54) is 31.2 Å². The number of unbranched alkanes of at least 4 members (excludes halogenated alkanes) is 1. The summed E-state index contributed by atoms with van der Waals surface area (Å²) < 4.78 is 26.6. The molecule has 23 heavy (non-hydrogen) atoms. The second-order valence-corrected chi connectivity index (χ2v) is 6.82. The Hall–Kier alpha value is -1.93. The van der Waals surface area contributed by atoms with E-state index >= 15 is 0 Å². The monoisotopic (exact) mass is 341 g/mol. The maximum atomic E-state index is 12.1. The van der Waals surface area contributed by atoms with Gasteiger partial charge in [0.15, 0.2) is 0 Å². The molecule has 0 bridgehead atoms. The number of nitrogens with one attached hydrogen (secondary N) is 3. The van der Waals surface area contributed by atoms with Gasteiger partial charge >= 0.3 is 0 Å². The SMILES string of the molecule is CCCCC(=O)NCCNS(=O)(=O)c1ccc(NC(C)=O)cc1. The molecule has 0 saturated carbocycles. The predicted octanol–water partition coefficient (Wildman–Crippen LogP) is 1.23. The van der Waals surface area contributed by atoms with Crippen molar-refractivity contribution in [3.05, 3.63) is 24.3 Å². The van der Waals surface area contributed by atoms with Crippen molar-refractivity contribution in [1.82, 2.24) is 10.0 Å². The fourth-order valence-corrected chi connectivity index (χ4v) is 2.85. The van der Waals surface area contributed by atoms with Crippen LogP contribution < -0.4 is 15.4 Å². The third kappa shape index (κ3) is 7.25. The van der Waals surface area contributed by atoms with E-state index < -0.39 is 10.0 Å². The molecule has 2 amide bonds. The highest BCUT2D eigenvalue weighted by Crippen LogP contribution is 2.13. The van der Waals surface area contributed by atoms with Gasteiger partial charge in [-0.05, 0) is 30.7 Å². The minimum atomic E-state index is -3.63. The number of benzene rings is 1. The van der Waals surface area contributed by atoms with E-state index in [0.29, 0.717) is 12.1 Å². The van der Waals surface area contributed by atoms with Crippen molar-refractivity contribution in [2.75, 3.05) is 18.4 Å². The normalized spacial score (nSPS) is 11.0. The lowest BCUT2D eigenvalue weighted by Gasteiger charge is -2.09. The van der Waals surface area contributed by atoms with Gasteiger partial charge in [-0.25, -0.2) is 13.1 Å². The number of hydrogen-bond acceptors (Lipinski definition) is 4. The van der Waals surface area contributed by atoms with Crippen molar-refractivity contribution in [3.8, 4) is 0 Å². The average Bonchev–Trinajstić information content (AvgIpc) is 2.49. The lowest BCUT2D eigenvalue weighted by molar-refractivity contribution is -0.121. The quantitative estimate of drug-likeness (QED) is 0.588. The zero-order valence-electron chi connectivity index (χ0n) is 13.4. The summed E-state index contributed by atoms with van der Waals surface area (Å²) in [5.74, 6) is -0.303. The summed E-state index contributed by atoms with van der Waals surface area (Å²) in [5.41, 5.74) is 0.527. The second-order valence-electron chi connectivity index (χ2n) is 5.06. The zero-order chi connectivity index (χ0) is 17.3. The van der Waals surface area contributed by atoms with Crippen molar-refractivity contribution in [1.29, 1.82) is 0 Å². The smallest absolute Gasteiger partial charge is 0.240 e. The van der Waals surface area contributed by atoms with E-state index in [1.807, 2.05) is 6.92 Å². The molecule has 0 aromatic heterocycles. The Bertz CT molecular complexity index is 627. The Labute approximate surface area is 136 Å². The highest BCUT2D eigenvalue weighted by atomic mass is 32.2. The van der Waals surface area contributed by atoms with E-state index in [0.717, 1.165) is 12.8 Å². The molecule has 0 spiro atoms. The van der Waals surface area contributed by atoms with Gasteiger partial charge in [0.25, 0.3) is 0 Å². The summed E-state index contributed by atoms with van der Waals surface area (Å²) in [5, 5.41) is 5.22. The lowest BCUT2D eigenvalue weighted by Crippen LogP contribution is -2.34. The van der Waals surface area contributed by atoms with Gasteiger partial charge in [-0.1, -0.05) is 13.3 Å². The first-order chi connectivity index (χ1) is 10.8. The van der Waals surface area contributed by atoms with E-state index in [-0.39, 0.29) is 29.8 Å². The fourth-order valence-electron chi connectivity index (χ4n) is 1.82. The van der Waals surface area contributed by atoms with Crippen LogP contribution in [0.25, 0.3) is 0 Å². The van der Waals surface area contributed by atoms with Gasteiger partial charge in [0, 0.05) is 32.1 Å². The largest absolute Gasteiger partial charge is 0.355 e. The summed E-state index contributed by atoms with van der Waals surface area (Å²) >= 11 is 0. The van der Waals surface area contributed by atoms with Crippen LogP contribution in [0.4, 0.5) is 5.69 Å². The Balaban J connectivity index is 2.46. The van der Waals surface area contributed by atoms with Crippen molar-refractivity contribution in [3.63, 3.8) is 0 Å². The molecule has 0 atom stereocenters. The van der Waals surface area contributed by atoms with Gasteiger partial charge in [0.2, 0.25) is 21.8 Å². The third-order valence-electron chi connectivity index (χ3n) is 2.98. The van der Waals surface area contributed by atoms with Crippen molar-refractivity contribution in [2.45, 2.75) is 38.0 Å². The topological polar surface area (TPSA) is 104 Å². The van der Waals surface area contributed by atoms with Gasteiger partial charge in [-0.3, -0.25) is 9.59 Å². The molecule has 0 heterocycles. The molecule has 0 aliphatic heterocycles. The van der Waals surface area contributed by atoms with Gasteiger partial charge in [0.05, 0.1) is 4.90 Å². The first-order valence-corrected chi connectivity index (χ1v) is 8.97. The summed E-state index contributed by atoms with van der Waals surface area (Å²) in [7, 11) is -3.63. The number of hydrogen-bond donors (Lipinski definition) is 3. The number of carbonyl (C=O) groups is 2. The molecule has 0 unspecified atom stereocenters. The molecule has 1 aromatic rings. The molecular weight excluding hydrogens is 318 g/mol. The minimum absolute atomic E-state index is 0.0780. The average molecular weight is 341 g/mol. The predicted molar refractivity (Wildman–Crippen MR) is 88.5 cm³/mol. The Morgan fingerprint density at radius 3 is 2.30 bits per heavy atom. The van der Waals surface area contributed by atoms with Crippen molar-refractivity contribution >= 4 is 27.5 Å². The fraction of sp³-hybridized carbons (Fsp3) is 0.467. The number of sulfonamides is 1. The molecule has 0 saturated heterocycles. The Morgan fingerprint density at radius 1 is 1.09 bits per heavy atom. The zero-order valence-corrected chi connectivity index (χ0v) is 14.2. The number of carbonyl (C=O) groups excluding carboxylic acids is 2. The standard InChI is InChI=1S/C15H23N3O4S/c1-3-4-5-15(20)16-10-11-17-23(21,22)14-8-6-13(7-9-14)18-12(2)19/h6-9,17H,3-5,10-11H2,1-2H3,(H,16,20)(H,18,19). The number of rotatable bonds is 9. The van der Waals surface area contributed by atoms with Crippen LogP contribution in [-0.4, -0.2) is 33.3 Å². The molecule has 8 heteroatoms.